The highest BCUT2D eigenvalue weighted by molar-refractivity contribution is 6.01. The summed E-state index contributed by atoms with van der Waals surface area (Å²) < 4.78 is 46.7. The minimum atomic E-state index is -4.42. The van der Waals surface area contributed by atoms with Crippen LogP contribution in [0.5, 0.6) is 11.6 Å². The van der Waals surface area contributed by atoms with Crippen LogP contribution in [0.2, 0.25) is 0 Å². The van der Waals surface area contributed by atoms with Gasteiger partial charge < -0.3 is 9.72 Å². The SMILES string of the molecule is CCC(=O)c1ccc(-c2cnn3cc(Oc4ccc(C)[nH]4)ccc23)nc1-c1cnn(CC(F)(F)F)c1. The van der Waals surface area contributed by atoms with Gasteiger partial charge >= 0.3 is 6.18 Å². The summed E-state index contributed by atoms with van der Waals surface area (Å²) in [7, 11) is 0. The molecule has 5 rings (SSSR count). The average molecular weight is 494 g/mol. The molecule has 5 aromatic heterocycles. The van der Waals surface area contributed by atoms with Crippen LogP contribution in [0.15, 0.2) is 61.2 Å². The minimum absolute atomic E-state index is 0.172. The molecule has 5 heterocycles. The molecular formula is C25H21F3N6O2. The maximum Gasteiger partial charge on any atom is 0.408 e. The quantitative estimate of drug-likeness (QED) is 0.287. The lowest BCUT2D eigenvalue weighted by atomic mass is 10.0. The van der Waals surface area contributed by atoms with Crippen LogP contribution < -0.4 is 4.74 Å². The molecule has 0 aromatic carbocycles. The Kier molecular flexibility index (Phi) is 5.83. The number of H-pyrrole nitrogens is 1. The van der Waals surface area contributed by atoms with Crippen LogP contribution in [0.4, 0.5) is 13.2 Å². The second kappa shape index (κ2) is 8.99. The van der Waals surface area contributed by atoms with Crippen LogP contribution in [-0.4, -0.2) is 41.3 Å². The van der Waals surface area contributed by atoms with Gasteiger partial charge in [0.2, 0.25) is 0 Å². The van der Waals surface area contributed by atoms with Gasteiger partial charge in [0.25, 0.3) is 0 Å². The number of nitrogens with one attached hydrogen (secondary N) is 1. The first kappa shape index (κ1) is 23.3. The van der Waals surface area contributed by atoms with E-state index in [1.807, 2.05) is 25.1 Å². The van der Waals surface area contributed by atoms with Crippen molar-refractivity contribution in [3.05, 3.63) is 72.4 Å². The van der Waals surface area contributed by atoms with E-state index in [4.69, 9.17) is 4.74 Å². The van der Waals surface area contributed by atoms with Crippen molar-refractivity contribution in [2.45, 2.75) is 33.0 Å². The highest BCUT2D eigenvalue weighted by atomic mass is 19.4. The summed E-state index contributed by atoms with van der Waals surface area (Å²) in [6.45, 7) is 2.41. The van der Waals surface area contributed by atoms with Gasteiger partial charge in [0.1, 0.15) is 12.3 Å². The van der Waals surface area contributed by atoms with Crippen LogP contribution >= 0.6 is 0 Å². The van der Waals surface area contributed by atoms with Gasteiger partial charge in [-0.05, 0) is 37.3 Å². The number of Topliss-reactive ketones (excluding diaryl/α,β-unsaturated/α-hetero) is 1. The lowest BCUT2D eigenvalue weighted by Gasteiger charge is -2.09. The predicted octanol–water partition coefficient (Wildman–Crippen LogP) is 5.84. The van der Waals surface area contributed by atoms with Gasteiger partial charge in [0.05, 0.1) is 35.5 Å². The summed E-state index contributed by atoms with van der Waals surface area (Å²) in [6.07, 6.45) is 1.70. The number of carbonyl (C=O) groups is 1. The Bertz CT molecular complexity index is 1560. The Morgan fingerprint density at radius 2 is 1.89 bits per heavy atom. The third kappa shape index (κ3) is 4.72. The van der Waals surface area contributed by atoms with E-state index in [-0.39, 0.29) is 17.9 Å². The third-order valence-electron chi connectivity index (χ3n) is 5.56. The zero-order valence-corrected chi connectivity index (χ0v) is 19.4. The number of aromatic amines is 1. The number of fused-ring (bicyclic) bond motifs is 1. The number of aryl methyl sites for hydroxylation is 1. The second-order valence-electron chi connectivity index (χ2n) is 8.27. The highest BCUT2D eigenvalue weighted by Crippen LogP contribution is 2.31. The topological polar surface area (TPSA) is 90.1 Å². The van der Waals surface area contributed by atoms with Gasteiger partial charge in [0.15, 0.2) is 11.7 Å². The summed E-state index contributed by atoms with van der Waals surface area (Å²) >= 11 is 0. The third-order valence-corrected chi connectivity index (χ3v) is 5.56. The normalized spacial score (nSPS) is 11.8. The van der Waals surface area contributed by atoms with Crippen molar-refractivity contribution in [2.75, 3.05) is 0 Å². The molecule has 0 unspecified atom stereocenters. The number of nitrogens with zero attached hydrogens (tertiary/aromatic N) is 5. The number of aromatic nitrogens is 6. The lowest BCUT2D eigenvalue weighted by Crippen LogP contribution is -2.17. The fourth-order valence-corrected chi connectivity index (χ4v) is 3.89. The Balaban J connectivity index is 1.52. The smallest absolute Gasteiger partial charge is 0.408 e. The standard InChI is InChI=1S/C25H21F3N6O2/c1-3-22(35)18-6-7-20(32-24(18)16-10-29-33(12-16)14-25(26,27)28)19-11-30-34-13-17(5-8-21(19)34)36-23-9-4-15(2)31-23/h4-13,31H,3,14H2,1-2H3. The zero-order valence-electron chi connectivity index (χ0n) is 19.4. The molecule has 11 heteroatoms. The molecule has 0 bridgehead atoms. The molecule has 5 aromatic rings. The number of rotatable bonds is 7. The fraction of sp³-hybridized carbons (Fsp3) is 0.200. The van der Waals surface area contributed by atoms with E-state index in [0.717, 1.165) is 15.9 Å². The minimum Gasteiger partial charge on any atom is -0.439 e. The summed E-state index contributed by atoms with van der Waals surface area (Å²) in [6, 6.07) is 10.7. The molecule has 1 N–H and O–H groups in total. The molecule has 36 heavy (non-hydrogen) atoms. The Labute approximate surface area is 203 Å². The first-order valence-electron chi connectivity index (χ1n) is 11.2. The van der Waals surface area contributed by atoms with Gasteiger partial charge in [-0.25, -0.2) is 9.50 Å². The predicted molar refractivity (Wildman–Crippen MR) is 126 cm³/mol. The Morgan fingerprint density at radius 1 is 1.06 bits per heavy atom. The van der Waals surface area contributed by atoms with Gasteiger partial charge in [-0.1, -0.05) is 6.92 Å². The molecule has 0 atom stereocenters. The van der Waals surface area contributed by atoms with Gasteiger partial charge in [-0.3, -0.25) is 9.48 Å². The van der Waals surface area contributed by atoms with Crippen molar-refractivity contribution < 1.29 is 22.7 Å². The first-order chi connectivity index (χ1) is 17.2. The summed E-state index contributed by atoms with van der Waals surface area (Å²) in [5.41, 5.74) is 3.84. The number of alkyl halides is 3. The van der Waals surface area contributed by atoms with Crippen LogP contribution in [0, 0.1) is 6.92 Å². The van der Waals surface area contributed by atoms with Crippen molar-refractivity contribution in [1.82, 2.24) is 29.4 Å². The number of carbonyl (C=O) groups excluding carboxylic acids is 1. The molecule has 0 aliphatic heterocycles. The summed E-state index contributed by atoms with van der Waals surface area (Å²) in [4.78, 5) is 20.3. The summed E-state index contributed by atoms with van der Waals surface area (Å²) in [5.74, 6) is 1.01. The van der Waals surface area contributed by atoms with E-state index in [0.29, 0.717) is 34.0 Å². The maximum absolute atomic E-state index is 12.8. The average Bonchev–Trinajstić information content (AvgIpc) is 3.57. The monoisotopic (exact) mass is 494 g/mol. The van der Waals surface area contributed by atoms with Crippen LogP contribution in [0.3, 0.4) is 0 Å². The molecule has 0 spiro atoms. The molecule has 0 radical (unpaired) electrons. The number of halogens is 3. The molecular weight excluding hydrogens is 473 g/mol. The fourth-order valence-electron chi connectivity index (χ4n) is 3.89. The van der Waals surface area contributed by atoms with E-state index in [2.05, 4.69) is 20.2 Å². The molecule has 0 aliphatic carbocycles. The molecule has 184 valence electrons. The highest BCUT2D eigenvalue weighted by Gasteiger charge is 2.29. The molecule has 0 fully saturated rings. The van der Waals surface area contributed by atoms with E-state index >= 15 is 0 Å². The number of hydrogen-bond acceptors (Lipinski definition) is 5. The second-order valence-corrected chi connectivity index (χ2v) is 8.27. The van der Waals surface area contributed by atoms with E-state index in [1.54, 1.807) is 42.0 Å². The van der Waals surface area contributed by atoms with Gasteiger partial charge in [-0.2, -0.15) is 23.4 Å². The van der Waals surface area contributed by atoms with Crippen molar-refractivity contribution >= 4 is 11.3 Å². The Hall–Kier alpha value is -4.41. The van der Waals surface area contributed by atoms with Crippen LogP contribution in [0.25, 0.3) is 28.0 Å². The molecule has 0 amide bonds. The number of pyridine rings is 2. The number of ketones is 1. The van der Waals surface area contributed by atoms with Crippen LogP contribution in [0.1, 0.15) is 29.4 Å². The molecule has 0 aliphatic rings. The maximum atomic E-state index is 12.8. The van der Waals surface area contributed by atoms with E-state index in [1.165, 1.54) is 12.4 Å². The van der Waals surface area contributed by atoms with Gasteiger partial charge in [-0.15, -0.1) is 0 Å². The molecule has 0 saturated carbocycles. The van der Waals surface area contributed by atoms with E-state index < -0.39 is 12.7 Å². The van der Waals surface area contributed by atoms with Gasteiger partial charge in [0, 0.05) is 41.1 Å². The van der Waals surface area contributed by atoms with Crippen molar-refractivity contribution in [1.29, 1.82) is 0 Å². The van der Waals surface area contributed by atoms with Crippen molar-refractivity contribution in [2.24, 2.45) is 0 Å². The first-order valence-corrected chi connectivity index (χ1v) is 11.2. The largest absolute Gasteiger partial charge is 0.439 e. The van der Waals surface area contributed by atoms with E-state index in [9.17, 15) is 18.0 Å². The van der Waals surface area contributed by atoms with Crippen molar-refractivity contribution in [3.8, 4) is 34.1 Å². The number of ether oxygens (including phenoxy) is 1. The molecule has 8 nitrogen and oxygen atoms in total. The Morgan fingerprint density at radius 3 is 2.61 bits per heavy atom. The zero-order chi connectivity index (χ0) is 25.4. The molecule has 0 saturated heterocycles. The number of hydrogen-bond donors (Lipinski definition) is 1. The van der Waals surface area contributed by atoms with Crippen LogP contribution in [-0.2, 0) is 6.54 Å². The lowest BCUT2D eigenvalue weighted by molar-refractivity contribution is -0.142. The van der Waals surface area contributed by atoms with Crippen molar-refractivity contribution in [3.63, 3.8) is 0 Å². The summed E-state index contributed by atoms with van der Waals surface area (Å²) in [5, 5.41) is 8.21.